The Hall–Kier alpha value is -2.57. The molecule has 0 saturated carbocycles. The van der Waals surface area contributed by atoms with Crippen LogP contribution < -0.4 is 10.1 Å². The summed E-state index contributed by atoms with van der Waals surface area (Å²) in [4.78, 5) is 11.6. The normalized spacial score (nSPS) is 11.1. The Morgan fingerprint density at radius 3 is 2.41 bits per heavy atom. The van der Waals surface area contributed by atoms with E-state index in [1.807, 2.05) is 0 Å². The monoisotopic (exact) mass is 313 g/mol. The summed E-state index contributed by atoms with van der Waals surface area (Å²) >= 11 is 0. The lowest BCUT2D eigenvalue weighted by Gasteiger charge is -2.11. The van der Waals surface area contributed by atoms with E-state index in [-0.39, 0.29) is 0 Å². The Morgan fingerprint density at radius 2 is 1.77 bits per heavy atom. The molecule has 3 nitrogen and oxygen atoms in total. The Morgan fingerprint density at radius 1 is 1.09 bits per heavy atom. The molecule has 0 aliphatic rings. The molecule has 0 heterocycles. The molecule has 1 N–H and O–H groups in total. The maximum absolute atomic E-state index is 13.5. The standard InChI is InChI=1S/C15H11F4NO2/c16-12-7-6-10(15(17,18)19)8-13(12)20-14(21)9-22-11-4-2-1-3-5-11/h1-8H,9H2,(H,20,21). The maximum atomic E-state index is 13.5. The zero-order valence-corrected chi connectivity index (χ0v) is 11.2. The van der Waals surface area contributed by atoms with Crippen LogP contribution >= 0.6 is 0 Å². The number of hydrogen-bond donors (Lipinski definition) is 1. The first-order valence-corrected chi connectivity index (χ1v) is 6.21. The first-order chi connectivity index (χ1) is 10.4. The van der Waals surface area contributed by atoms with Gasteiger partial charge in [-0.25, -0.2) is 4.39 Å². The average molecular weight is 313 g/mol. The number of benzene rings is 2. The predicted molar refractivity (Wildman–Crippen MR) is 72.0 cm³/mol. The molecule has 0 radical (unpaired) electrons. The number of carbonyl (C=O) groups is 1. The van der Waals surface area contributed by atoms with Gasteiger partial charge in [-0.05, 0) is 30.3 Å². The number of ether oxygens (including phenoxy) is 1. The number of carbonyl (C=O) groups excluding carboxylic acids is 1. The van der Waals surface area contributed by atoms with Gasteiger partial charge in [0.1, 0.15) is 11.6 Å². The van der Waals surface area contributed by atoms with Crippen LogP contribution in [0.2, 0.25) is 0 Å². The van der Waals surface area contributed by atoms with Crippen LogP contribution in [0.15, 0.2) is 48.5 Å². The molecule has 0 unspecified atom stereocenters. The summed E-state index contributed by atoms with van der Waals surface area (Å²) in [5.74, 6) is -1.30. The van der Waals surface area contributed by atoms with Gasteiger partial charge in [0.2, 0.25) is 0 Å². The van der Waals surface area contributed by atoms with Crippen molar-refractivity contribution in [2.45, 2.75) is 6.18 Å². The maximum Gasteiger partial charge on any atom is 0.416 e. The van der Waals surface area contributed by atoms with E-state index in [1.165, 1.54) is 0 Å². The van der Waals surface area contributed by atoms with Crippen LogP contribution in [0.25, 0.3) is 0 Å². The molecule has 0 aliphatic heterocycles. The van der Waals surface area contributed by atoms with E-state index < -0.39 is 35.8 Å². The highest BCUT2D eigenvalue weighted by molar-refractivity contribution is 5.92. The van der Waals surface area contributed by atoms with Crippen LogP contribution in [0.1, 0.15) is 5.56 Å². The minimum absolute atomic E-state index is 0.419. The van der Waals surface area contributed by atoms with Gasteiger partial charge in [-0.2, -0.15) is 13.2 Å². The first-order valence-electron chi connectivity index (χ1n) is 6.21. The number of amides is 1. The zero-order chi connectivity index (χ0) is 16.2. The SMILES string of the molecule is O=C(COc1ccccc1)Nc1cc(C(F)(F)F)ccc1F. The van der Waals surface area contributed by atoms with Crippen LogP contribution in [-0.4, -0.2) is 12.5 Å². The van der Waals surface area contributed by atoms with Crippen molar-refractivity contribution in [1.82, 2.24) is 0 Å². The summed E-state index contributed by atoms with van der Waals surface area (Å²) in [6.45, 7) is -0.445. The molecule has 2 aromatic carbocycles. The molecule has 0 fully saturated rings. The van der Waals surface area contributed by atoms with E-state index in [2.05, 4.69) is 5.32 Å². The van der Waals surface area contributed by atoms with Crippen molar-refractivity contribution in [3.8, 4) is 5.75 Å². The van der Waals surface area contributed by atoms with Crippen molar-refractivity contribution >= 4 is 11.6 Å². The summed E-state index contributed by atoms with van der Waals surface area (Å²) in [7, 11) is 0. The molecular weight excluding hydrogens is 302 g/mol. The number of para-hydroxylation sites is 1. The van der Waals surface area contributed by atoms with Crippen molar-refractivity contribution < 1.29 is 27.1 Å². The fourth-order valence-electron chi connectivity index (χ4n) is 1.65. The van der Waals surface area contributed by atoms with Crippen LogP contribution in [-0.2, 0) is 11.0 Å². The minimum Gasteiger partial charge on any atom is -0.484 e. The zero-order valence-electron chi connectivity index (χ0n) is 11.2. The second-order valence-electron chi connectivity index (χ2n) is 4.34. The molecular formula is C15H11F4NO2. The van der Waals surface area contributed by atoms with Gasteiger partial charge < -0.3 is 10.1 Å². The topological polar surface area (TPSA) is 38.3 Å². The van der Waals surface area contributed by atoms with Crippen molar-refractivity contribution in [1.29, 1.82) is 0 Å². The number of nitrogens with one attached hydrogen (secondary N) is 1. The Labute approximate surface area is 123 Å². The predicted octanol–water partition coefficient (Wildman–Crippen LogP) is 3.86. The molecule has 2 rings (SSSR count). The molecule has 0 bridgehead atoms. The molecule has 116 valence electrons. The summed E-state index contributed by atoms with van der Waals surface area (Å²) in [5, 5.41) is 2.05. The third-order valence-corrected chi connectivity index (χ3v) is 2.68. The number of anilines is 1. The third-order valence-electron chi connectivity index (χ3n) is 2.68. The van der Waals surface area contributed by atoms with Gasteiger partial charge in [0.15, 0.2) is 6.61 Å². The van der Waals surface area contributed by atoms with Crippen molar-refractivity contribution in [2.75, 3.05) is 11.9 Å². The van der Waals surface area contributed by atoms with Crippen molar-refractivity contribution in [3.63, 3.8) is 0 Å². The van der Waals surface area contributed by atoms with Crippen LogP contribution in [0.5, 0.6) is 5.75 Å². The highest BCUT2D eigenvalue weighted by Crippen LogP contribution is 2.31. The lowest BCUT2D eigenvalue weighted by atomic mass is 10.2. The Bertz CT molecular complexity index is 656. The number of hydrogen-bond acceptors (Lipinski definition) is 2. The van der Waals surface area contributed by atoms with Gasteiger partial charge in [0.25, 0.3) is 5.91 Å². The molecule has 0 aromatic heterocycles. The van der Waals surface area contributed by atoms with Crippen LogP contribution in [0.3, 0.4) is 0 Å². The number of halogens is 4. The fraction of sp³-hybridized carbons (Fsp3) is 0.133. The van der Waals surface area contributed by atoms with E-state index in [9.17, 15) is 22.4 Å². The molecule has 0 saturated heterocycles. The van der Waals surface area contributed by atoms with Gasteiger partial charge in [0, 0.05) is 0 Å². The van der Waals surface area contributed by atoms with E-state index in [4.69, 9.17) is 4.74 Å². The second-order valence-corrected chi connectivity index (χ2v) is 4.34. The van der Waals surface area contributed by atoms with Crippen LogP contribution in [0.4, 0.5) is 23.2 Å². The molecule has 0 aliphatic carbocycles. The summed E-state index contributed by atoms with van der Waals surface area (Å²) < 4.78 is 56.2. The summed E-state index contributed by atoms with van der Waals surface area (Å²) in [5.41, 5.74) is -1.59. The second kappa shape index (κ2) is 6.46. The summed E-state index contributed by atoms with van der Waals surface area (Å²) in [6, 6.07) is 10.2. The lowest BCUT2D eigenvalue weighted by Crippen LogP contribution is -2.21. The van der Waals surface area contributed by atoms with E-state index in [0.717, 1.165) is 0 Å². The highest BCUT2D eigenvalue weighted by atomic mass is 19.4. The van der Waals surface area contributed by atoms with Gasteiger partial charge in [-0.3, -0.25) is 4.79 Å². The fourth-order valence-corrected chi connectivity index (χ4v) is 1.65. The van der Waals surface area contributed by atoms with Crippen molar-refractivity contribution in [3.05, 3.63) is 59.9 Å². The Kier molecular flexibility index (Phi) is 4.65. The van der Waals surface area contributed by atoms with Gasteiger partial charge in [-0.1, -0.05) is 18.2 Å². The quantitative estimate of drug-likeness (QED) is 0.870. The smallest absolute Gasteiger partial charge is 0.416 e. The summed E-state index contributed by atoms with van der Waals surface area (Å²) in [6.07, 6.45) is -4.62. The minimum atomic E-state index is -4.62. The van der Waals surface area contributed by atoms with Gasteiger partial charge >= 0.3 is 6.18 Å². The molecule has 0 atom stereocenters. The highest BCUT2D eigenvalue weighted by Gasteiger charge is 2.31. The third kappa shape index (κ3) is 4.21. The first kappa shape index (κ1) is 15.8. The molecule has 0 spiro atoms. The number of rotatable bonds is 4. The number of alkyl halides is 3. The van der Waals surface area contributed by atoms with Gasteiger partial charge in [0.05, 0.1) is 11.3 Å². The molecule has 1 amide bonds. The lowest BCUT2D eigenvalue weighted by molar-refractivity contribution is -0.137. The van der Waals surface area contributed by atoms with Crippen molar-refractivity contribution in [2.24, 2.45) is 0 Å². The van der Waals surface area contributed by atoms with E-state index in [1.54, 1.807) is 30.3 Å². The van der Waals surface area contributed by atoms with E-state index >= 15 is 0 Å². The van der Waals surface area contributed by atoms with Crippen LogP contribution in [0, 0.1) is 5.82 Å². The average Bonchev–Trinajstić information content (AvgIpc) is 2.47. The van der Waals surface area contributed by atoms with Gasteiger partial charge in [-0.15, -0.1) is 0 Å². The molecule has 22 heavy (non-hydrogen) atoms. The molecule has 7 heteroatoms. The van der Waals surface area contributed by atoms with E-state index in [0.29, 0.717) is 23.9 Å². The molecule has 2 aromatic rings. The Balaban J connectivity index is 2.02. The largest absolute Gasteiger partial charge is 0.484 e.